The Kier molecular flexibility index (Phi) is 10.9. The van der Waals surface area contributed by atoms with Crippen molar-refractivity contribution in [3.8, 4) is 0 Å². The normalized spacial score (nSPS) is 19.7. The van der Waals surface area contributed by atoms with Crippen molar-refractivity contribution in [1.82, 2.24) is 10.2 Å². The van der Waals surface area contributed by atoms with Crippen LogP contribution in [0, 0.1) is 5.92 Å². The van der Waals surface area contributed by atoms with E-state index in [1.54, 1.807) is 11.8 Å². The molecular formula is C21H39FN2O5. The Morgan fingerprint density at radius 1 is 1.10 bits per heavy atom. The third kappa shape index (κ3) is 10.3. The average Bonchev–Trinajstić information content (AvgIpc) is 2.66. The summed E-state index contributed by atoms with van der Waals surface area (Å²) in [4.78, 5) is 25.0. The van der Waals surface area contributed by atoms with Crippen molar-refractivity contribution in [3.05, 3.63) is 0 Å². The van der Waals surface area contributed by atoms with Crippen LogP contribution in [0.15, 0.2) is 0 Å². The lowest BCUT2D eigenvalue weighted by molar-refractivity contribution is -0.149. The molecule has 2 heterocycles. The van der Waals surface area contributed by atoms with Gasteiger partial charge in [0.1, 0.15) is 11.3 Å². The number of likely N-dealkylation sites (tertiary alicyclic amines) is 1. The molecule has 0 aliphatic carbocycles. The van der Waals surface area contributed by atoms with Gasteiger partial charge in [0.05, 0.1) is 19.1 Å². The molecule has 170 valence electrons. The minimum Gasteiger partial charge on any atom is -0.466 e. The standard InChI is InChI=1S/C13H23NO4.C8H16FNO/c1-5-17-11(15)10-6-8-14(9-7-10)12(16)18-13(2,3)4;1-2-11-7-8(9)3-5-10-6-4-8/h10H,5-9H2,1-4H3;10H,2-7H2,1H3. The lowest BCUT2D eigenvalue weighted by atomic mass is 9.96. The fourth-order valence-electron chi connectivity index (χ4n) is 3.19. The predicted octanol–water partition coefficient (Wildman–Crippen LogP) is 3.31. The van der Waals surface area contributed by atoms with Gasteiger partial charge in [-0.2, -0.15) is 0 Å². The minimum atomic E-state index is -1.05. The number of piperidine rings is 2. The molecule has 0 radical (unpaired) electrons. The number of nitrogens with one attached hydrogen (secondary N) is 1. The number of esters is 1. The molecule has 2 rings (SSSR count). The quantitative estimate of drug-likeness (QED) is 0.691. The van der Waals surface area contributed by atoms with Crippen molar-refractivity contribution in [3.63, 3.8) is 0 Å². The van der Waals surface area contributed by atoms with Crippen molar-refractivity contribution in [2.24, 2.45) is 5.92 Å². The second-order valence-corrected chi connectivity index (χ2v) is 8.53. The van der Waals surface area contributed by atoms with Crippen LogP contribution >= 0.6 is 0 Å². The van der Waals surface area contributed by atoms with Crippen LogP contribution in [0.3, 0.4) is 0 Å². The van der Waals surface area contributed by atoms with E-state index in [0.29, 0.717) is 52.0 Å². The molecule has 2 saturated heterocycles. The van der Waals surface area contributed by atoms with Gasteiger partial charge in [-0.3, -0.25) is 4.79 Å². The summed E-state index contributed by atoms with van der Waals surface area (Å²) in [7, 11) is 0. The van der Waals surface area contributed by atoms with E-state index in [9.17, 15) is 14.0 Å². The Morgan fingerprint density at radius 3 is 2.17 bits per heavy atom. The molecule has 0 bridgehead atoms. The monoisotopic (exact) mass is 418 g/mol. The lowest BCUT2D eigenvalue weighted by Gasteiger charge is -2.32. The maximum atomic E-state index is 13.6. The Labute approximate surface area is 174 Å². The largest absolute Gasteiger partial charge is 0.466 e. The molecular weight excluding hydrogens is 379 g/mol. The van der Waals surface area contributed by atoms with E-state index in [1.165, 1.54) is 0 Å². The molecule has 2 aliphatic heterocycles. The molecule has 2 aliphatic rings. The minimum absolute atomic E-state index is 0.0800. The Bertz CT molecular complexity index is 496. The second kappa shape index (κ2) is 12.3. The summed E-state index contributed by atoms with van der Waals surface area (Å²) in [6.45, 7) is 13.2. The fraction of sp³-hybridized carbons (Fsp3) is 0.905. The first-order valence-electron chi connectivity index (χ1n) is 10.7. The van der Waals surface area contributed by atoms with Crippen LogP contribution in [0.25, 0.3) is 0 Å². The van der Waals surface area contributed by atoms with E-state index < -0.39 is 11.3 Å². The lowest BCUT2D eigenvalue weighted by Crippen LogP contribution is -2.43. The summed E-state index contributed by atoms with van der Waals surface area (Å²) in [6.07, 6.45) is 2.18. The molecule has 1 amide bonds. The molecule has 8 heteroatoms. The van der Waals surface area contributed by atoms with Gasteiger partial charge in [-0.05, 0) is 73.4 Å². The molecule has 0 saturated carbocycles. The van der Waals surface area contributed by atoms with Gasteiger partial charge in [0.2, 0.25) is 0 Å². The van der Waals surface area contributed by atoms with Crippen LogP contribution in [-0.2, 0) is 19.0 Å². The number of carbonyl (C=O) groups is 2. The van der Waals surface area contributed by atoms with Gasteiger partial charge in [-0.15, -0.1) is 0 Å². The van der Waals surface area contributed by atoms with Crippen molar-refractivity contribution < 1.29 is 28.2 Å². The van der Waals surface area contributed by atoms with E-state index in [0.717, 1.165) is 13.1 Å². The van der Waals surface area contributed by atoms with Crippen LogP contribution < -0.4 is 5.32 Å². The molecule has 2 fully saturated rings. The zero-order valence-corrected chi connectivity index (χ0v) is 18.7. The highest BCUT2D eigenvalue weighted by Crippen LogP contribution is 2.23. The van der Waals surface area contributed by atoms with Gasteiger partial charge in [-0.1, -0.05) is 0 Å². The van der Waals surface area contributed by atoms with Crippen LogP contribution in [0.5, 0.6) is 0 Å². The highest BCUT2D eigenvalue weighted by molar-refractivity contribution is 5.73. The van der Waals surface area contributed by atoms with E-state index in [1.807, 2.05) is 27.7 Å². The van der Waals surface area contributed by atoms with Crippen molar-refractivity contribution in [1.29, 1.82) is 0 Å². The number of ether oxygens (including phenoxy) is 3. The summed E-state index contributed by atoms with van der Waals surface area (Å²) in [5, 5.41) is 3.12. The molecule has 29 heavy (non-hydrogen) atoms. The summed E-state index contributed by atoms with van der Waals surface area (Å²) < 4.78 is 28.9. The Balaban J connectivity index is 0.000000326. The Hall–Kier alpha value is -1.41. The number of amides is 1. The van der Waals surface area contributed by atoms with Gasteiger partial charge in [0.15, 0.2) is 0 Å². The van der Waals surface area contributed by atoms with E-state index >= 15 is 0 Å². The number of halogens is 1. The predicted molar refractivity (Wildman–Crippen MR) is 110 cm³/mol. The molecule has 0 atom stereocenters. The SMILES string of the molecule is CCOC(=O)C1CCN(C(=O)OC(C)(C)C)CC1.CCOCC1(F)CCNCC1. The highest BCUT2D eigenvalue weighted by Gasteiger charge is 2.32. The van der Waals surface area contributed by atoms with Gasteiger partial charge in [0, 0.05) is 19.7 Å². The number of rotatable bonds is 5. The number of carbonyl (C=O) groups excluding carboxylic acids is 2. The van der Waals surface area contributed by atoms with E-state index in [-0.39, 0.29) is 24.6 Å². The summed E-state index contributed by atoms with van der Waals surface area (Å²) in [6, 6.07) is 0. The Morgan fingerprint density at radius 2 is 1.69 bits per heavy atom. The van der Waals surface area contributed by atoms with E-state index in [2.05, 4.69) is 5.32 Å². The topological polar surface area (TPSA) is 77.1 Å². The van der Waals surface area contributed by atoms with Gasteiger partial charge < -0.3 is 24.4 Å². The van der Waals surface area contributed by atoms with Gasteiger partial charge in [-0.25, -0.2) is 9.18 Å². The first-order chi connectivity index (χ1) is 13.6. The fourth-order valence-corrected chi connectivity index (χ4v) is 3.19. The first-order valence-corrected chi connectivity index (χ1v) is 10.7. The molecule has 0 aromatic heterocycles. The van der Waals surface area contributed by atoms with Crippen molar-refractivity contribution >= 4 is 12.1 Å². The van der Waals surface area contributed by atoms with Crippen molar-refractivity contribution in [2.75, 3.05) is 46.0 Å². The van der Waals surface area contributed by atoms with Crippen molar-refractivity contribution in [2.45, 2.75) is 71.6 Å². The highest BCUT2D eigenvalue weighted by atomic mass is 19.1. The number of nitrogens with zero attached hydrogens (tertiary/aromatic N) is 1. The van der Waals surface area contributed by atoms with Crippen LogP contribution in [0.2, 0.25) is 0 Å². The second-order valence-electron chi connectivity index (χ2n) is 8.53. The smallest absolute Gasteiger partial charge is 0.410 e. The number of hydrogen-bond acceptors (Lipinski definition) is 6. The molecule has 0 aromatic carbocycles. The third-order valence-electron chi connectivity index (χ3n) is 4.83. The maximum absolute atomic E-state index is 13.6. The van der Waals surface area contributed by atoms with E-state index in [4.69, 9.17) is 14.2 Å². The van der Waals surface area contributed by atoms with Crippen LogP contribution in [0.4, 0.5) is 9.18 Å². The summed E-state index contributed by atoms with van der Waals surface area (Å²) >= 11 is 0. The molecule has 7 nitrogen and oxygen atoms in total. The number of alkyl halides is 1. The first kappa shape index (κ1) is 25.6. The average molecular weight is 419 g/mol. The molecule has 0 aromatic rings. The summed E-state index contributed by atoms with van der Waals surface area (Å²) in [5.74, 6) is -0.232. The van der Waals surface area contributed by atoms with Gasteiger partial charge in [0.25, 0.3) is 0 Å². The molecule has 0 unspecified atom stereocenters. The summed E-state index contributed by atoms with van der Waals surface area (Å²) in [5.41, 5.74) is -1.53. The van der Waals surface area contributed by atoms with Crippen LogP contribution in [-0.4, -0.2) is 74.2 Å². The third-order valence-corrected chi connectivity index (χ3v) is 4.83. The number of hydrogen-bond donors (Lipinski definition) is 1. The maximum Gasteiger partial charge on any atom is 0.410 e. The molecule has 0 spiro atoms. The van der Waals surface area contributed by atoms with Crippen LogP contribution in [0.1, 0.15) is 60.3 Å². The zero-order chi connectivity index (χ0) is 21.9. The molecule has 1 N–H and O–H groups in total. The van der Waals surface area contributed by atoms with Gasteiger partial charge >= 0.3 is 12.1 Å². The zero-order valence-electron chi connectivity index (χ0n) is 18.7.